The molecule has 1 unspecified atom stereocenters. The Bertz CT molecular complexity index is 1350. The summed E-state index contributed by atoms with van der Waals surface area (Å²) < 4.78 is 62.2. The van der Waals surface area contributed by atoms with Crippen LogP contribution in [0.2, 0.25) is 0 Å². The number of amides is 1. The molecule has 36 heavy (non-hydrogen) atoms. The van der Waals surface area contributed by atoms with Gasteiger partial charge in [0, 0.05) is 17.5 Å². The van der Waals surface area contributed by atoms with Crippen LogP contribution in [0, 0.1) is 5.82 Å². The van der Waals surface area contributed by atoms with Crippen LogP contribution in [0.5, 0.6) is 5.75 Å². The maximum atomic E-state index is 14.0. The molecule has 0 radical (unpaired) electrons. The summed E-state index contributed by atoms with van der Waals surface area (Å²) in [5.41, 5.74) is -2.22. The summed E-state index contributed by atoms with van der Waals surface area (Å²) in [6.45, 7) is 0.781. The van der Waals surface area contributed by atoms with Crippen LogP contribution in [0.3, 0.4) is 0 Å². The van der Waals surface area contributed by atoms with E-state index in [2.05, 4.69) is 10.4 Å². The van der Waals surface area contributed by atoms with Crippen molar-refractivity contribution in [3.05, 3.63) is 84.3 Å². The van der Waals surface area contributed by atoms with Gasteiger partial charge in [-0.2, -0.15) is 18.3 Å². The maximum absolute atomic E-state index is 14.0. The zero-order chi connectivity index (χ0) is 25.9. The Morgan fingerprint density at radius 2 is 1.75 bits per heavy atom. The first-order valence-corrected chi connectivity index (χ1v) is 11.2. The molecule has 188 valence electrons. The summed E-state index contributed by atoms with van der Waals surface area (Å²) in [7, 11) is 0. The van der Waals surface area contributed by atoms with Crippen molar-refractivity contribution in [3.8, 4) is 11.4 Å². The van der Waals surface area contributed by atoms with Crippen molar-refractivity contribution in [3.63, 3.8) is 0 Å². The average molecular weight is 501 g/mol. The standard InChI is InChI=1S/C26H23F4N3O3/c1-2-3-24(34)32-20-7-11-22(12-8-20)36-16-25(35,26(28,29)30)18-4-13-23-17(14-18)15-31-33(23)21-9-5-19(27)6-10-21/h4-15,35H,2-3,16H2,1H3,(H,32,34). The molecular weight excluding hydrogens is 478 g/mol. The van der Waals surface area contributed by atoms with Gasteiger partial charge in [-0.15, -0.1) is 0 Å². The van der Waals surface area contributed by atoms with Crippen molar-refractivity contribution in [1.82, 2.24) is 9.78 Å². The van der Waals surface area contributed by atoms with Crippen molar-refractivity contribution < 1.29 is 32.2 Å². The second kappa shape index (κ2) is 9.98. The van der Waals surface area contributed by atoms with E-state index in [9.17, 15) is 27.5 Å². The van der Waals surface area contributed by atoms with Crippen LogP contribution in [-0.4, -0.2) is 33.6 Å². The predicted octanol–water partition coefficient (Wildman–Crippen LogP) is 5.73. The fourth-order valence-corrected chi connectivity index (χ4v) is 3.68. The summed E-state index contributed by atoms with van der Waals surface area (Å²) in [5.74, 6) is -0.504. The Morgan fingerprint density at radius 3 is 2.39 bits per heavy atom. The lowest BCUT2D eigenvalue weighted by Gasteiger charge is -2.31. The highest BCUT2D eigenvalue weighted by Crippen LogP contribution is 2.40. The van der Waals surface area contributed by atoms with Gasteiger partial charge in [0.25, 0.3) is 0 Å². The molecule has 4 aromatic rings. The molecule has 1 atom stereocenters. The number of carbonyl (C=O) groups excluding carboxylic acids is 1. The molecule has 0 saturated heterocycles. The lowest BCUT2D eigenvalue weighted by molar-refractivity contribution is -0.275. The number of alkyl halides is 3. The quantitative estimate of drug-likeness (QED) is 0.302. The van der Waals surface area contributed by atoms with Crippen LogP contribution in [0.15, 0.2) is 72.9 Å². The SMILES string of the molecule is CCCC(=O)Nc1ccc(OCC(O)(c2ccc3c(cnn3-c3ccc(F)cc3)c2)C(F)(F)F)cc1. The Hall–Kier alpha value is -3.92. The average Bonchev–Trinajstić information content (AvgIpc) is 3.26. The monoisotopic (exact) mass is 501 g/mol. The Balaban J connectivity index is 1.56. The second-order valence-corrected chi connectivity index (χ2v) is 8.28. The number of hydrogen-bond acceptors (Lipinski definition) is 4. The fraction of sp³-hybridized carbons (Fsp3) is 0.231. The number of fused-ring (bicyclic) bond motifs is 1. The predicted molar refractivity (Wildman–Crippen MR) is 126 cm³/mol. The third-order valence-corrected chi connectivity index (χ3v) is 5.65. The van der Waals surface area contributed by atoms with Gasteiger partial charge >= 0.3 is 6.18 Å². The van der Waals surface area contributed by atoms with Gasteiger partial charge in [-0.25, -0.2) is 9.07 Å². The lowest BCUT2D eigenvalue weighted by Crippen LogP contribution is -2.47. The van der Waals surface area contributed by atoms with Gasteiger partial charge in [-0.3, -0.25) is 4.79 Å². The largest absolute Gasteiger partial charge is 0.490 e. The highest BCUT2D eigenvalue weighted by atomic mass is 19.4. The second-order valence-electron chi connectivity index (χ2n) is 8.28. The molecule has 0 aliphatic rings. The van der Waals surface area contributed by atoms with E-state index in [-0.39, 0.29) is 11.7 Å². The minimum atomic E-state index is -5.04. The first-order chi connectivity index (χ1) is 17.1. The van der Waals surface area contributed by atoms with Crippen molar-refractivity contribution in [2.45, 2.75) is 31.5 Å². The normalized spacial score (nSPS) is 13.4. The molecule has 4 rings (SSSR count). The van der Waals surface area contributed by atoms with E-state index in [1.807, 2.05) is 6.92 Å². The number of ether oxygens (including phenoxy) is 1. The Kier molecular flexibility index (Phi) is 6.98. The van der Waals surface area contributed by atoms with Crippen molar-refractivity contribution in [2.75, 3.05) is 11.9 Å². The van der Waals surface area contributed by atoms with Crippen molar-refractivity contribution in [2.24, 2.45) is 0 Å². The minimum absolute atomic E-state index is 0.0939. The van der Waals surface area contributed by atoms with Gasteiger partial charge in [-0.05, 0) is 72.6 Å². The molecule has 0 bridgehead atoms. The van der Waals surface area contributed by atoms with Gasteiger partial charge in [0.2, 0.25) is 11.5 Å². The topological polar surface area (TPSA) is 76.4 Å². The summed E-state index contributed by atoms with van der Waals surface area (Å²) >= 11 is 0. The summed E-state index contributed by atoms with van der Waals surface area (Å²) in [6.07, 6.45) is -2.64. The zero-order valence-corrected chi connectivity index (χ0v) is 19.2. The molecule has 1 heterocycles. The summed E-state index contributed by atoms with van der Waals surface area (Å²) in [6, 6.07) is 15.1. The van der Waals surface area contributed by atoms with E-state index in [0.29, 0.717) is 35.1 Å². The van der Waals surface area contributed by atoms with Crippen LogP contribution in [0.4, 0.5) is 23.2 Å². The molecule has 10 heteroatoms. The van der Waals surface area contributed by atoms with Gasteiger partial charge in [-0.1, -0.05) is 13.0 Å². The van der Waals surface area contributed by atoms with Gasteiger partial charge < -0.3 is 15.2 Å². The van der Waals surface area contributed by atoms with E-state index in [4.69, 9.17) is 4.74 Å². The molecule has 0 spiro atoms. The van der Waals surface area contributed by atoms with Crippen LogP contribution in [0.25, 0.3) is 16.6 Å². The maximum Gasteiger partial charge on any atom is 0.424 e. The molecule has 0 aliphatic heterocycles. The Morgan fingerprint density at radius 1 is 1.06 bits per heavy atom. The number of nitrogens with zero attached hydrogens (tertiary/aromatic N) is 2. The number of carbonyl (C=O) groups is 1. The van der Waals surface area contributed by atoms with Gasteiger partial charge in [0.15, 0.2) is 0 Å². The molecule has 2 N–H and O–H groups in total. The number of halogens is 4. The number of hydrogen-bond donors (Lipinski definition) is 2. The zero-order valence-electron chi connectivity index (χ0n) is 19.2. The van der Waals surface area contributed by atoms with E-state index in [0.717, 1.165) is 6.07 Å². The van der Waals surface area contributed by atoms with E-state index in [1.54, 1.807) is 0 Å². The number of anilines is 1. The highest BCUT2D eigenvalue weighted by molar-refractivity contribution is 5.90. The van der Waals surface area contributed by atoms with Crippen LogP contribution < -0.4 is 10.1 Å². The number of aromatic nitrogens is 2. The Labute approximate surface area is 204 Å². The summed E-state index contributed by atoms with van der Waals surface area (Å²) in [4.78, 5) is 11.7. The molecule has 1 aromatic heterocycles. The third-order valence-electron chi connectivity index (χ3n) is 5.65. The van der Waals surface area contributed by atoms with E-state index in [1.165, 1.54) is 71.5 Å². The fourth-order valence-electron chi connectivity index (χ4n) is 3.68. The number of aliphatic hydroxyl groups is 1. The first-order valence-electron chi connectivity index (χ1n) is 11.2. The molecule has 0 saturated carbocycles. The van der Waals surface area contributed by atoms with Crippen molar-refractivity contribution in [1.29, 1.82) is 0 Å². The summed E-state index contributed by atoms with van der Waals surface area (Å²) in [5, 5.41) is 18.0. The van der Waals surface area contributed by atoms with Crippen LogP contribution >= 0.6 is 0 Å². The van der Waals surface area contributed by atoms with Crippen LogP contribution in [0.1, 0.15) is 25.3 Å². The third kappa shape index (κ3) is 5.18. The lowest BCUT2D eigenvalue weighted by atomic mass is 9.93. The van der Waals surface area contributed by atoms with Gasteiger partial charge in [0.1, 0.15) is 18.2 Å². The molecule has 6 nitrogen and oxygen atoms in total. The van der Waals surface area contributed by atoms with Crippen LogP contribution in [-0.2, 0) is 10.4 Å². The highest BCUT2D eigenvalue weighted by Gasteiger charge is 2.56. The van der Waals surface area contributed by atoms with E-state index >= 15 is 0 Å². The molecule has 0 aliphatic carbocycles. The van der Waals surface area contributed by atoms with Crippen molar-refractivity contribution >= 4 is 22.5 Å². The molecular formula is C26H23F4N3O3. The van der Waals surface area contributed by atoms with Gasteiger partial charge in [0.05, 0.1) is 17.4 Å². The number of rotatable bonds is 8. The number of benzene rings is 3. The number of nitrogens with one attached hydrogen (secondary N) is 1. The molecule has 1 amide bonds. The smallest absolute Gasteiger partial charge is 0.424 e. The minimum Gasteiger partial charge on any atom is -0.490 e. The molecule has 0 fully saturated rings. The first kappa shape index (κ1) is 25.2. The van der Waals surface area contributed by atoms with E-state index < -0.39 is 29.8 Å². The molecule has 3 aromatic carbocycles.